The zero-order valence-corrected chi connectivity index (χ0v) is 12.4. The summed E-state index contributed by atoms with van der Waals surface area (Å²) in [7, 11) is 1.45. The smallest absolute Gasteiger partial charge is 0.319 e. The molecule has 0 bridgehead atoms. The summed E-state index contributed by atoms with van der Waals surface area (Å²) in [6.45, 7) is 8.03. The van der Waals surface area contributed by atoms with Crippen molar-refractivity contribution >= 4 is 5.97 Å². The fourth-order valence-electron chi connectivity index (χ4n) is 3.10. The number of carbonyl (C=O) groups is 1. The molecule has 0 spiro atoms. The van der Waals surface area contributed by atoms with Gasteiger partial charge in [0.05, 0.1) is 13.7 Å². The topological polar surface area (TPSA) is 53.6 Å². The zero-order valence-electron chi connectivity index (χ0n) is 12.4. The molecule has 0 radical (unpaired) electrons. The highest BCUT2D eigenvalue weighted by molar-refractivity contribution is 5.71. The Balaban J connectivity index is 1.73. The van der Waals surface area contributed by atoms with E-state index >= 15 is 0 Å². The van der Waals surface area contributed by atoms with Crippen LogP contribution in [-0.2, 0) is 9.53 Å². The van der Waals surface area contributed by atoms with Crippen LogP contribution in [0.15, 0.2) is 0 Å². The molecule has 2 fully saturated rings. The first-order valence-corrected chi connectivity index (χ1v) is 7.31. The van der Waals surface area contributed by atoms with E-state index in [1.165, 1.54) is 13.5 Å². The first-order valence-electron chi connectivity index (χ1n) is 7.31. The largest absolute Gasteiger partial charge is 0.468 e. The molecule has 0 aromatic rings. The fraction of sp³-hybridized carbons (Fsp3) is 0.929. The number of ether oxygens (including phenoxy) is 1. The second-order valence-electron chi connectivity index (χ2n) is 6.28. The summed E-state index contributed by atoms with van der Waals surface area (Å²) in [5.41, 5.74) is 0.198. The number of likely N-dealkylation sites (tertiary alicyclic amines) is 1. The lowest BCUT2D eigenvalue weighted by Crippen LogP contribution is -2.54. The van der Waals surface area contributed by atoms with Gasteiger partial charge in [0.15, 0.2) is 0 Å². The van der Waals surface area contributed by atoms with Crippen molar-refractivity contribution in [2.45, 2.75) is 50.7 Å². The van der Waals surface area contributed by atoms with Crippen LogP contribution in [0.25, 0.3) is 0 Å². The summed E-state index contributed by atoms with van der Waals surface area (Å²) in [5.74, 6) is -0.132. The maximum absolute atomic E-state index is 11.2. The lowest BCUT2D eigenvalue weighted by molar-refractivity contribution is -0.142. The minimum absolute atomic E-state index is 0.132. The van der Waals surface area contributed by atoms with Crippen molar-refractivity contribution < 1.29 is 9.53 Å². The van der Waals surface area contributed by atoms with Crippen LogP contribution in [0.1, 0.15) is 33.1 Å². The first kappa shape index (κ1) is 14.8. The van der Waals surface area contributed by atoms with Gasteiger partial charge in [-0.3, -0.25) is 9.69 Å². The van der Waals surface area contributed by atoms with E-state index in [1.807, 2.05) is 0 Å². The molecule has 0 aromatic heterocycles. The third kappa shape index (κ3) is 3.91. The Morgan fingerprint density at radius 3 is 2.58 bits per heavy atom. The zero-order chi connectivity index (χ0) is 13.9. The molecule has 2 heterocycles. The highest BCUT2D eigenvalue weighted by Crippen LogP contribution is 2.21. The summed E-state index contributed by atoms with van der Waals surface area (Å²) in [4.78, 5) is 13.4. The summed E-state index contributed by atoms with van der Waals surface area (Å²) < 4.78 is 4.71. The highest BCUT2D eigenvalue weighted by atomic mass is 16.5. The number of piperidine rings is 1. The van der Waals surface area contributed by atoms with Crippen LogP contribution in [0, 0.1) is 0 Å². The average Bonchev–Trinajstić information content (AvgIpc) is 2.71. The maximum atomic E-state index is 11.2. The van der Waals surface area contributed by atoms with Gasteiger partial charge in [0, 0.05) is 30.7 Å². The molecule has 2 N–H and O–H groups in total. The summed E-state index contributed by atoms with van der Waals surface area (Å²) in [6.07, 6.45) is 3.43. The Kier molecular flexibility index (Phi) is 4.81. The molecule has 0 aliphatic carbocycles. The second-order valence-corrected chi connectivity index (χ2v) is 6.28. The number of nitrogens with one attached hydrogen (secondary N) is 2. The molecular formula is C14H27N3O2. The van der Waals surface area contributed by atoms with E-state index in [-0.39, 0.29) is 11.5 Å². The fourth-order valence-corrected chi connectivity index (χ4v) is 3.10. The third-order valence-corrected chi connectivity index (χ3v) is 4.49. The van der Waals surface area contributed by atoms with Gasteiger partial charge in [-0.1, -0.05) is 0 Å². The van der Waals surface area contributed by atoms with Crippen LogP contribution in [0.3, 0.4) is 0 Å². The molecule has 110 valence electrons. The van der Waals surface area contributed by atoms with E-state index in [9.17, 15) is 4.79 Å². The van der Waals surface area contributed by atoms with Gasteiger partial charge in [-0.15, -0.1) is 0 Å². The number of carbonyl (C=O) groups excluding carboxylic acids is 1. The molecular weight excluding hydrogens is 242 g/mol. The Morgan fingerprint density at radius 1 is 1.37 bits per heavy atom. The monoisotopic (exact) mass is 269 g/mol. The van der Waals surface area contributed by atoms with E-state index in [4.69, 9.17) is 4.74 Å². The Labute approximate surface area is 116 Å². The maximum Gasteiger partial charge on any atom is 0.319 e. The van der Waals surface area contributed by atoms with Gasteiger partial charge in [-0.05, 0) is 39.7 Å². The van der Waals surface area contributed by atoms with Crippen molar-refractivity contribution in [1.29, 1.82) is 0 Å². The van der Waals surface area contributed by atoms with Crippen molar-refractivity contribution in [3.05, 3.63) is 0 Å². The lowest BCUT2D eigenvalue weighted by Gasteiger charge is -2.36. The molecule has 19 heavy (non-hydrogen) atoms. The Morgan fingerprint density at radius 2 is 2.05 bits per heavy atom. The minimum atomic E-state index is -0.132. The highest BCUT2D eigenvalue weighted by Gasteiger charge is 2.35. The number of nitrogens with zero attached hydrogens (tertiary/aromatic N) is 1. The van der Waals surface area contributed by atoms with E-state index < -0.39 is 0 Å². The standard InChI is InChI=1S/C14H27N3O2/c1-14(2)12(4-7-15-14)16-11-5-8-17(9-6-11)10-13(18)19-3/h11-12,15-16H,4-10H2,1-3H3/t12-/m0/s1. The van der Waals surface area contributed by atoms with Crippen molar-refractivity contribution in [3.63, 3.8) is 0 Å². The number of methoxy groups -OCH3 is 1. The SMILES string of the molecule is COC(=O)CN1CCC(N[C@H]2CCNC2(C)C)CC1. The number of hydrogen-bond donors (Lipinski definition) is 2. The van der Waals surface area contributed by atoms with Crippen LogP contribution in [0.5, 0.6) is 0 Å². The molecule has 1 atom stereocenters. The summed E-state index contributed by atoms with van der Waals surface area (Å²) in [6, 6.07) is 1.14. The van der Waals surface area contributed by atoms with Crippen molar-refractivity contribution in [3.8, 4) is 0 Å². The molecule has 2 saturated heterocycles. The molecule has 5 nitrogen and oxygen atoms in total. The van der Waals surface area contributed by atoms with Crippen LogP contribution >= 0.6 is 0 Å². The average molecular weight is 269 g/mol. The molecule has 0 saturated carbocycles. The van der Waals surface area contributed by atoms with E-state index in [1.54, 1.807) is 0 Å². The molecule has 2 aliphatic heterocycles. The normalized spacial score (nSPS) is 28.5. The number of rotatable bonds is 4. The van der Waals surface area contributed by atoms with Crippen LogP contribution < -0.4 is 10.6 Å². The predicted molar refractivity (Wildman–Crippen MR) is 75.1 cm³/mol. The molecule has 5 heteroatoms. The van der Waals surface area contributed by atoms with Gasteiger partial charge in [0.25, 0.3) is 0 Å². The number of hydrogen-bond acceptors (Lipinski definition) is 5. The minimum Gasteiger partial charge on any atom is -0.468 e. The van der Waals surface area contributed by atoms with Gasteiger partial charge in [0.1, 0.15) is 0 Å². The van der Waals surface area contributed by atoms with E-state index in [2.05, 4.69) is 29.4 Å². The Hall–Kier alpha value is -0.650. The van der Waals surface area contributed by atoms with E-state index in [0.29, 0.717) is 18.6 Å². The molecule has 2 rings (SSSR count). The summed E-state index contributed by atoms with van der Waals surface area (Å²) >= 11 is 0. The van der Waals surface area contributed by atoms with Crippen molar-refractivity contribution in [2.75, 3.05) is 33.3 Å². The third-order valence-electron chi connectivity index (χ3n) is 4.49. The van der Waals surface area contributed by atoms with Gasteiger partial charge in [-0.25, -0.2) is 0 Å². The van der Waals surface area contributed by atoms with Crippen LogP contribution in [-0.4, -0.2) is 61.8 Å². The lowest BCUT2D eigenvalue weighted by atomic mass is 9.94. The molecule has 2 aliphatic rings. The predicted octanol–water partition coefficient (Wildman–Crippen LogP) is 0.354. The van der Waals surface area contributed by atoms with Gasteiger partial charge < -0.3 is 15.4 Å². The van der Waals surface area contributed by atoms with Gasteiger partial charge >= 0.3 is 5.97 Å². The van der Waals surface area contributed by atoms with Crippen LogP contribution in [0.4, 0.5) is 0 Å². The van der Waals surface area contributed by atoms with Gasteiger partial charge in [0.2, 0.25) is 0 Å². The molecule has 0 amide bonds. The van der Waals surface area contributed by atoms with E-state index in [0.717, 1.165) is 32.5 Å². The first-order chi connectivity index (χ1) is 9.01. The molecule has 0 unspecified atom stereocenters. The second kappa shape index (κ2) is 6.20. The molecule has 0 aromatic carbocycles. The van der Waals surface area contributed by atoms with Crippen molar-refractivity contribution in [1.82, 2.24) is 15.5 Å². The van der Waals surface area contributed by atoms with Gasteiger partial charge in [-0.2, -0.15) is 0 Å². The summed E-state index contributed by atoms with van der Waals surface area (Å²) in [5, 5.41) is 7.33. The quantitative estimate of drug-likeness (QED) is 0.722. The Bertz CT molecular complexity index is 312. The number of esters is 1. The van der Waals surface area contributed by atoms with Crippen LogP contribution in [0.2, 0.25) is 0 Å². The van der Waals surface area contributed by atoms with Crippen molar-refractivity contribution in [2.24, 2.45) is 0 Å².